The largest absolute Gasteiger partial charge is 0.454 e. The molecule has 0 saturated heterocycles. The minimum absolute atomic E-state index is 0.0714. The maximum Gasteiger partial charge on any atom is 0.454 e. The Balaban J connectivity index is 2.63. The number of nitrogens with zero attached hydrogens (tertiary/aromatic N) is 2. The van der Waals surface area contributed by atoms with Crippen molar-refractivity contribution in [3.63, 3.8) is 0 Å². The smallest absolute Gasteiger partial charge is 0.381 e. The molecule has 1 aromatic rings. The number of alkyl halides is 3. The molecule has 0 fully saturated rings. The molecule has 0 saturated carbocycles. The fraction of sp³-hybridized carbons (Fsp3) is 0.385. The third-order valence-electron chi connectivity index (χ3n) is 2.33. The van der Waals surface area contributed by atoms with Crippen molar-refractivity contribution in [1.82, 2.24) is 0 Å². The number of halogens is 3. The number of Topliss-reactive ketones (excluding diaryl/α,β-unsaturated/α-hetero) is 1. The first-order chi connectivity index (χ1) is 9.84. The predicted molar refractivity (Wildman–Crippen MR) is 67.5 cm³/mol. The first kappa shape index (κ1) is 17.0. The van der Waals surface area contributed by atoms with Crippen LogP contribution in [-0.2, 0) is 9.53 Å². The highest BCUT2D eigenvalue weighted by atomic mass is 19.4. The highest BCUT2D eigenvalue weighted by molar-refractivity contribution is 6.00. The van der Waals surface area contributed by atoms with Crippen LogP contribution < -0.4 is 0 Å². The molecular formula is C13H13F3N2O3. The van der Waals surface area contributed by atoms with E-state index in [1.807, 2.05) is 0 Å². The Morgan fingerprint density at radius 2 is 1.81 bits per heavy atom. The van der Waals surface area contributed by atoms with E-state index in [9.17, 15) is 22.8 Å². The quantitative estimate of drug-likeness (QED) is 0.459. The number of azo groups is 1. The number of hydrogen-bond donors (Lipinski definition) is 0. The fourth-order valence-corrected chi connectivity index (χ4v) is 1.31. The van der Waals surface area contributed by atoms with E-state index in [1.165, 1.54) is 12.1 Å². The van der Waals surface area contributed by atoms with Crippen LogP contribution in [0.25, 0.3) is 0 Å². The van der Waals surface area contributed by atoms with E-state index in [1.54, 1.807) is 6.92 Å². The van der Waals surface area contributed by atoms with Gasteiger partial charge in [0.05, 0.1) is 18.7 Å². The Morgan fingerprint density at radius 3 is 2.33 bits per heavy atom. The van der Waals surface area contributed by atoms with Crippen molar-refractivity contribution in [2.75, 3.05) is 13.2 Å². The average molecular weight is 302 g/mol. The van der Waals surface area contributed by atoms with E-state index in [2.05, 4.69) is 10.2 Å². The van der Waals surface area contributed by atoms with E-state index in [4.69, 9.17) is 4.74 Å². The molecule has 0 atom stereocenters. The van der Waals surface area contributed by atoms with Gasteiger partial charge in [-0.05, 0) is 31.2 Å². The summed E-state index contributed by atoms with van der Waals surface area (Å²) in [6.07, 6.45) is -4.85. The van der Waals surface area contributed by atoms with Gasteiger partial charge in [-0.15, -0.1) is 10.2 Å². The van der Waals surface area contributed by atoms with Gasteiger partial charge < -0.3 is 4.74 Å². The van der Waals surface area contributed by atoms with Crippen molar-refractivity contribution in [1.29, 1.82) is 0 Å². The van der Waals surface area contributed by atoms with Crippen LogP contribution in [0.4, 0.5) is 18.9 Å². The van der Waals surface area contributed by atoms with Gasteiger partial charge in [-0.3, -0.25) is 9.59 Å². The summed E-state index contributed by atoms with van der Waals surface area (Å²) in [6.45, 7) is 2.50. The molecule has 0 heterocycles. The van der Waals surface area contributed by atoms with Crippen LogP contribution in [0.5, 0.6) is 0 Å². The van der Waals surface area contributed by atoms with Crippen LogP contribution in [0.1, 0.15) is 23.7 Å². The second-order valence-electron chi connectivity index (χ2n) is 3.91. The SMILES string of the molecule is CCOCCC(=O)N=Nc1ccc(C(=O)C(F)(F)F)cc1. The maximum absolute atomic E-state index is 12.2. The van der Waals surface area contributed by atoms with Gasteiger partial charge in [0.15, 0.2) is 0 Å². The molecule has 0 spiro atoms. The standard InChI is InChI=1S/C13H13F3N2O3/c1-2-21-8-7-11(19)18-17-10-5-3-9(4-6-10)12(20)13(14,15)16/h3-6H,2,7-8H2,1H3. The van der Waals surface area contributed by atoms with Crippen molar-refractivity contribution in [3.05, 3.63) is 29.8 Å². The molecule has 0 unspecified atom stereocenters. The summed E-state index contributed by atoms with van der Waals surface area (Å²) in [5.41, 5.74) is -0.317. The first-order valence-electron chi connectivity index (χ1n) is 6.08. The lowest BCUT2D eigenvalue weighted by molar-refractivity contribution is -0.119. The van der Waals surface area contributed by atoms with Crippen molar-refractivity contribution >= 4 is 17.4 Å². The molecule has 8 heteroatoms. The summed E-state index contributed by atoms with van der Waals surface area (Å²) in [5, 5.41) is 6.96. The number of carbonyl (C=O) groups excluding carboxylic acids is 2. The second-order valence-corrected chi connectivity index (χ2v) is 3.91. The number of ether oxygens (including phenoxy) is 1. The van der Waals surface area contributed by atoms with E-state index < -0.39 is 23.4 Å². The Kier molecular flexibility index (Phi) is 6.16. The Labute approximate surface area is 118 Å². The van der Waals surface area contributed by atoms with Crippen LogP contribution in [0.15, 0.2) is 34.5 Å². The lowest BCUT2D eigenvalue weighted by Crippen LogP contribution is -2.22. The molecular weight excluding hydrogens is 289 g/mol. The summed E-state index contributed by atoms with van der Waals surface area (Å²) in [6, 6.07) is 4.32. The van der Waals surface area contributed by atoms with Gasteiger partial charge in [-0.25, -0.2) is 0 Å². The predicted octanol–water partition coefficient (Wildman–Crippen LogP) is 3.47. The molecule has 0 aliphatic heterocycles. The minimum Gasteiger partial charge on any atom is -0.381 e. The average Bonchev–Trinajstić information content (AvgIpc) is 2.44. The zero-order valence-electron chi connectivity index (χ0n) is 11.2. The summed E-state index contributed by atoms with van der Waals surface area (Å²) >= 11 is 0. The van der Waals surface area contributed by atoms with Crippen LogP contribution in [0, 0.1) is 0 Å². The summed E-state index contributed by atoms with van der Waals surface area (Å²) in [5.74, 6) is -2.43. The molecule has 1 aromatic carbocycles. The third-order valence-corrected chi connectivity index (χ3v) is 2.33. The molecule has 0 radical (unpaired) electrons. The van der Waals surface area contributed by atoms with Crippen molar-refractivity contribution < 1.29 is 27.5 Å². The zero-order valence-corrected chi connectivity index (χ0v) is 11.2. The number of benzene rings is 1. The molecule has 1 amide bonds. The van der Waals surface area contributed by atoms with Crippen molar-refractivity contribution in [2.45, 2.75) is 19.5 Å². The Morgan fingerprint density at radius 1 is 1.19 bits per heavy atom. The molecule has 0 aliphatic carbocycles. The molecule has 0 aliphatic rings. The third kappa shape index (κ3) is 5.82. The molecule has 0 N–H and O–H groups in total. The van der Waals surface area contributed by atoms with Crippen LogP contribution >= 0.6 is 0 Å². The summed E-state index contributed by atoms with van der Waals surface area (Å²) in [4.78, 5) is 22.2. The normalized spacial score (nSPS) is 11.8. The van der Waals surface area contributed by atoms with Gasteiger partial charge in [0.1, 0.15) is 0 Å². The van der Waals surface area contributed by atoms with Crippen LogP contribution in [0.3, 0.4) is 0 Å². The van der Waals surface area contributed by atoms with Gasteiger partial charge in [0.25, 0.3) is 11.7 Å². The lowest BCUT2D eigenvalue weighted by Gasteiger charge is -2.04. The molecule has 5 nitrogen and oxygen atoms in total. The maximum atomic E-state index is 12.2. The van der Waals surface area contributed by atoms with Gasteiger partial charge >= 0.3 is 6.18 Å². The number of carbonyl (C=O) groups is 2. The van der Waals surface area contributed by atoms with Gasteiger partial charge in [0, 0.05) is 12.2 Å². The van der Waals surface area contributed by atoms with Crippen LogP contribution in [-0.4, -0.2) is 31.1 Å². The van der Waals surface area contributed by atoms with Crippen LogP contribution in [0.2, 0.25) is 0 Å². The van der Waals surface area contributed by atoms with Gasteiger partial charge in [-0.1, -0.05) is 0 Å². The van der Waals surface area contributed by atoms with E-state index in [0.29, 0.717) is 6.61 Å². The molecule has 1 rings (SSSR count). The molecule has 21 heavy (non-hydrogen) atoms. The summed E-state index contributed by atoms with van der Waals surface area (Å²) < 4.78 is 41.5. The van der Waals surface area contributed by atoms with Crippen molar-refractivity contribution in [2.24, 2.45) is 10.2 Å². The monoisotopic (exact) mass is 302 g/mol. The topological polar surface area (TPSA) is 68.1 Å². The summed E-state index contributed by atoms with van der Waals surface area (Å²) in [7, 11) is 0. The highest BCUT2D eigenvalue weighted by Crippen LogP contribution is 2.23. The number of amides is 1. The zero-order chi connectivity index (χ0) is 15.9. The number of rotatable bonds is 6. The molecule has 114 valence electrons. The molecule has 0 bridgehead atoms. The van der Waals surface area contributed by atoms with Crippen molar-refractivity contribution in [3.8, 4) is 0 Å². The van der Waals surface area contributed by atoms with Gasteiger partial charge in [-0.2, -0.15) is 13.2 Å². The second kappa shape index (κ2) is 7.63. The van der Waals surface area contributed by atoms with E-state index >= 15 is 0 Å². The minimum atomic E-state index is -4.92. The van der Waals surface area contributed by atoms with E-state index in [-0.39, 0.29) is 18.7 Å². The Hall–Kier alpha value is -2.09. The first-order valence-corrected chi connectivity index (χ1v) is 6.08. The number of hydrogen-bond acceptors (Lipinski definition) is 4. The van der Waals surface area contributed by atoms with Gasteiger partial charge in [0.2, 0.25) is 0 Å². The Bertz CT molecular complexity index is 524. The van der Waals surface area contributed by atoms with E-state index in [0.717, 1.165) is 12.1 Å². The highest BCUT2D eigenvalue weighted by Gasteiger charge is 2.39. The number of ketones is 1. The fourth-order valence-electron chi connectivity index (χ4n) is 1.31. The lowest BCUT2D eigenvalue weighted by atomic mass is 10.1. The molecule has 0 aromatic heterocycles.